The Bertz CT molecular complexity index is 476. The van der Waals surface area contributed by atoms with Crippen LogP contribution in [0.5, 0.6) is 0 Å². The van der Waals surface area contributed by atoms with Gasteiger partial charge in [0.2, 0.25) is 5.91 Å². The Kier molecular flexibility index (Phi) is 8.97. The molecule has 0 aromatic carbocycles. The number of rotatable bonds is 6. The Balaban J connectivity index is 0.00000243. The fourth-order valence-electron chi connectivity index (χ4n) is 5.21. The van der Waals surface area contributed by atoms with Crippen molar-refractivity contribution < 1.29 is 4.79 Å². The predicted molar refractivity (Wildman–Crippen MR) is 118 cm³/mol. The number of likely N-dealkylation sites (tertiary alicyclic amines) is 1. The van der Waals surface area contributed by atoms with Crippen molar-refractivity contribution in [1.82, 2.24) is 15.5 Å². The van der Waals surface area contributed by atoms with Crippen LogP contribution < -0.4 is 10.6 Å². The number of fused-ring (bicyclic) bond motifs is 2. The highest BCUT2D eigenvalue weighted by molar-refractivity contribution is 14.0. The lowest BCUT2D eigenvalue weighted by Crippen LogP contribution is -2.46. The quantitative estimate of drug-likeness (QED) is 0.352. The van der Waals surface area contributed by atoms with Gasteiger partial charge in [0.05, 0.1) is 0 Å². The number of amides is 1. The predicted octanol–water partition coefficient (Wildman–Crippen LogP) is 3.24. The van der Waals surface area contributed by atoms with Crippen LogP contribution in [0.25, 0.3) is 0 Å². The lowest BCUT2D eigenvalue weighted by molar-refractivity contribution is -0.121. The summed E-state index contributed by atoms with van der Waals surface area (Å²) in [6.07, 6.45) is 10.0. The van der Waals surface area contributed by atoms with Gasteiger partial charge >= 0.3 is 0 Å². The minimum Gasteiger partial charge on any atom is -0.359 e. The number of carbonyl (C=O) groups is 1. The van der Waals surface area contributed by atoms with Crippen LogP contribution in [-0.4, -0.2) is 50.0 Å². The van der Waals surface area contributed by atoms with Crippen molar-refractivity contribution >= 4 is 35.8 Å². The average molecular weight is 476 g/mol. The summed E-state index contributed by atoms with van der Waals surface area (Å²) in [6, 6.07) is 0. The van der Waals surface area contributed by atoms with Crippen molar-refractivity contribution in [3.05, 3.63) is 0 Å². The topological polar surface area (TPSA) is 56.7 Å². The zero-order valence-electron chi connectivity index (χ0n) is 16.5. The number of guanidine groups is 1. The van der Waals surface area contributed by atoms with Crippen molar-refractivity contribution in [3.8, 4) is 0 Å². The van der Waals surface area contributed by atoms with E-state index in [1.165, 1.54) is 32.1 Å². The molecule has 0 aromatic heterocycles. The van der Waals surface area contributed by atoms with Crippen molar-refractivity contribution in [2.75, 3.05) is 33.2 Å². The van der Waals surface area contributed by atoms with Gasteiger partial charge in [0.1, 0.15) is 0 Å². The third-order valence-electron chi connectivity index (χ3n) is 6.65. The van der Waals surface area contributed by atoms with Crippen LogP contribution in [0.1, 0.15) is 58.3 Å². The van der Waals surface area contributed by atoms with Gasteiger partial charge in [-0.05, 0) is 69.1 Å². The number of aliphatic imine (C=N–C) groups is 1. The third kappa shape index (κ3) is 5.73. The van der Waals surface area contributed by atoms with Gasteiger partial charge in [-0.25, -0.2) is 0 Å². The zero-order chi connectivity index (χ0) is 17.6. The molecule has 0 aromatic rings. The van der Waals surface area contributed by atoms with Crippen molar-refractivity contribution in [2.24, 2.45) is 28.7 Å². The van der Waals surface area contributed by atoms with Gasteiger partial charge in [-0.15, -0.1) is 24.0 Å². The first kappa shape index (κ1) is 21.8. The number of nitrogens with zero attached hydrogens (tertiary/aromatic N) is 2. The number of nitrogens with one attached hydrogen (secondary N) is 2. The normalized spacial score (nSPS) is 28.8. The smallest absolute Gasteiger partial charge is 0.220 e. The highest BCUT2D eigenvalue weighted by Crippen LogP contribution is 2.49. The van der Waals surface area contributed by atoms with Crippen molar-refractivity contribution in [3.63, 3.8) is 0 Å². The number of piperidine rings is 1. The molecule has 1 aliphatic heterocycles. The van der Waals surface area contributed by atoms with Gasteiger partial charge < -0.3 is 15.5 Å². The van der Waals surface area contributed by atoms with Crippen LogP contribution in [0.4, 0.5) is 0 Å². The molecule has 3 unspecified atom stereocenters. The van der Waals surface area contributed by atoms with Crippen LogP contribution in [0.2, 0.25) is 0 Å². The molecule has 2 aliphatic carbocycles. The number of halogens is 1. The molecule has 2 saturated carbocycles. The van der Waals surface area contributed by atoms with Crippen LogP contribution >= 0.6 is 24.0 Å². The first-order valence-corrected chi connectivity index (χ1v) is 10.4. The molecule has 1 heterocycles. The first-order chi connectivity index (χ1) is 12.2. The fourth-order valence-corrected chi connectivity index (χ4v) is 5.21. The van der Waals surface area contributed by atoms with Crippen molar-refractivity contribution in [2.45, 2.75) is 58.3 Å². The standard InChI is InChI=1S/C20H36N4O.HI/c1-3-22-20(23-9-6-18-13-16-4-5-17(18)12-16)24-10-7-15(8-11-24)14-19(25)21-2;/h15-18H,3-14H2,1-2H3,(H,21,25)(H,22,23);1H. The molecule has 0 spiro atoms. The molecule has 1 amide bonds. The highest BCUT2D eigenvalue weighted by Gasteiger charge is 2.38. The third-order valence-corrected chi connectivity index (χ3v) is 6.65. The molecule has 0 radical (unpaired) electrons. The van der Waals surface area contributed by atoms with Gasteiger partial charge in [-0.2, -0.15) is 0 Å². The summed E-state index contributed by atoms with van der Waals surface area (Å²) in [7, 11) is 1.73. The molecule has 2 N–H and O–H groups in total. The molecular formula is C20H37IN4O. The molecule has 3 rings (SSSR count). The van der Waals surface area contributed by atoms with Crippen LogP contribution in [-0.2, 0) is 4.79 Å². The maximum absolute atomic E-state index is 11.6. The van der Waals surface area contributed by atoms with E-state index in [2.05, 4.69) is 22.5 Å². The van der Waals surface area contributed by atoms with Crippen LogP contribution in [0, 0.1) is 23.7 Å². The Morgan fingerprint density at radius 3 is 2.50 bits per heavy atom. The second-order valence-electron chi connectivity index (χ2n) is 8.27. The van der Waals surface area contributed by atoms with E-state index >= 15 is 0 Å². The van der Waals surface area contributed by atoms with Gasteiger partial charge in [0, 0.05) is 39.6 Å². The molecule has 3 fully saturated rings. The van der Waals surface area contributed by atoms with Gasteiger partial charge in [0.25, 0.3) is 0 Å². The lowest BCUT2D eigenvalue weighted by Gasteiger charge is -2.34. The van der Waals surface area contributed by atoms with Crippen LogP contribution in [0.3, 0.4) is 0 Å². The maximum Gasteiger partial charge on any atom is 0.220 e. The fraction of sp³-hybridized carbons (Fsp3) is 0.900. The summed E-state index contributed by atoms with van der Waals surface area (Å²) in [5.74, 6) is 4.75. The molecule has 5 nitrogen and oxygen atoms in total. The number of hydrogen-bond acceptors (Lipinski definition) is 2. The molecule has 150 valence electrons. The van der Waals surface area contributed by atoms with E-state index in [-0.39, 0.29) is 29.9 Å². The molecule has 1 saturated heterocycles. The largest absolute Gasteiger partial charge is 0.359 e. The minimum atomic E-state index is 0. The van der Waals surface area contributed by atoms with E-state index in [0.717, 1.165) is 62.7 Å². The second kappa shape index (κ2) is 10.7. The summed E-state index contributed by atoms with van der Waals surface area (Å²) in [5.41, 5.74) is 0. The highest BCUT2D eigenvalue weighted by atomic mass is 127. The molecular weight excluding hydrogens is 439 g/mol. The lowest BCUT2D eigenvalue weighted by atomic mass is 9.86. The number of hydrogen-bond donors (Lipinski definition) is 2. The van der Waals surface area contributed by atoms with E-state index in [9.17, 15) is 4.79 Å². The Hall–Kier alpha value is -0.530. The first-order valence-electron chi connectivity index (χ1n) is 10.4. The summed E-state index contributed by atoms with van der Waals surface area (Å²) < 4.78 is 0. The number of carbonyl (C=O) groups excluding carboxylic acids is 1. The van der Waals surface area contributed by atoms with Crippen molar-refractivity contribution in [1.29, 1.82) is 0 Å². The molecule has 3 atom stereocenters. The van der Waals surface area contributed by atoms with Crippen LogP contribution in [0.15, 0.2) is 4.99 Å². The summed E-state index contributed by atoms with van der Waals surface area (Å²) in [5, 5.41) is 6.22. The summed E-state index contributed by atoms with van der Waals surface area (Å²) in [4.78, 5) is 18.9. The molecule has 3 aliphatic rings. The average Bonchev–Trinajstić information content (AvgIpc) is 3.25. The van der Waals surface area contributed by atoms with E-state index in [1.54, 1.807) is 7.05 Å². The van der Waals surface area contributed by atoms with Gasteiger partial charge in [0.15, 0.2) is 5.96 Å². The van der Waals surface area contributed by atoms with E-state index in [1.807, 2.05) is 0 Å². The molecule has 6 heteroatoms. The monoisotopic (exact) mass is 476 g/mol. The SMILES string of the molecule is CCNC(=NCCC1CC2CCC1C2)N1CCC(CC(=O)NC)CC1.I. The van der Waals surface area contributed by atoms with Gasteiger partial charge in [-0.1, -0.05) is 6.42 Å². The summed E-state index contributed by atoms with van der Waals surface area (Å²) in [6.45, 7) is 6.06. The maximum atomic E-state index is 11.6. The Labute approximate surface area is 176 Å². The Morgan fingerprint density at radius 1 is 1.15 bits per heavy atom. The van der Waals surface area contributed by atoms with E-state index in [4.69, 9.17) is 4.99 Å². The molecule has 26 heavy (non-hydrogen) atoms. The molecule has 2 bridgehead atoms. The van der Waals surface area contributed by atoms with Gasteiger partial charge in [-0.3, -0.25) is 9.79 Å². The minimum absolute atomic E-state index is 0. The summed E-state index contributed by atoms with van der Waals surface area (Å²) >= 11 is 0. The zero-order valence-corrected chi connectivity index (χ0v) is 18.8. The van der Waals surface area contributed by atoms with E-state index in [0.29, 0.717) is 12.3 Å². The second-order valence-corrected chi connectivity index (χ2v) is 8.27. The van der Waals surface area contributed by atoms with E-state index < -0.39 is 0 Å². The Morgan fingerprint density at radius 2 is 1.92 bits per heavy atom.